The molecule has 0 aromatic heterocycles. The van der Waals surface area contributed by atoms with Gasteiger partial charge in [-0.15, -0.1) is 0 Å². The third-order valence-electron chi connectivity index (χ3n) is 5.49. The molecule has 2 bridgehead atoms. The van der Waals surface area contributed by atoms with Crippen molar-refractivity contribution >= 4 is 23.4 Å². The molecule has 2 aromatic carbocycles. The molecule has 2 saturated heterocycles. The van der Waals surface area contributed by atoms with Crippen molar-refractivity contribution in [2.45, 2.75) is 25.9 Å². The number of anilines is 1. The maximum absolute atomic E-state index is 12.2. The summed E-state index contributed by atoms with van der Waals surface area (Å²) in [6.45, 7) is 7.46. The largest absolute Gasteiger partial charge is 0.417 e. The van der Waals surface area contributed by atoms with Crippen LogP contribution in [0.3, 0.4) is 0 Å². The van der Waals surface area contributed by atoms with Crippen molar-refractivity contribution in [1.29, 1.82) is 0 Å². The lowest BCUT2D eigenvalue weighted by molar-refractivity contribution is 0.128. The molecule has 27 heavy (non-hydrogen) atoms. The van der Waals surface area contributed by atoms with Gasteiger partial charge in [0.2, 0.25) is 0 Å². The molecule has 0 aliphatic carbocycles. The highest BCUT2D eigenvalue weighted by Crippen LogP contribution is 2.29. The Hall–Kier alpha value is -2.08. The average molecular weight is 386 g/mol. The Bertz CT molecular complexity index is 828. The highest BCUT2D eigenvalue weighted by atomic mass is 35.5. The molecule has 2 aliphatic heterocycles. The highest BCUT2D eigenvalue weighted by Gasteiger charge is 2.32. The molecule has 4 rings (SSSR count). The number of ether oxygens (including phenoxy) is 1. The van der Waals surface area contributed by atoms with Gasteiger partial charge in [0.1, 0.15) is 5.75 Å². The maximum Gasteiger partial charge on any atom is 0.417 e. The van der Waals surface area contributed by atoms with Crippen molar-refractivity contribution in [1.82, 2.24) is 9.80 Å². The molecule has 0 saturated carbocycles. The molecule has 1 N–H and O–H groups in total. The Labute approximate surface area is 164 Å². The van der Waals surface area contributed by atoms with E-state index in [1.54, 1.807) is 18.2 Å². The topological polar surface area (TPSA) is 44.8 Å². The van der Waals surface area contributed by atoms with Crippen molar-refractivity contribution in [2.75, 3.05) is 31.5 Å². The minimum atomic E-state index is -0.517. The first kappa shape index (κ1) is 18.3. The zero-order chi connectivity index (χ0) is 18.8. The average Bonchev–Trinajstić information content (AvgIpc) is 3.04. The number of amides is 1. The third-order valence-corrected chi connectivity index (χ3v) is 5.89. The quantitative estimate of drug-likeness (QED) is 0.858. The first-order valence-electron chi connectivity index (χ1n) is 9.38. The number of piperazine rings is 1. The summed E-state index contributed by atoms with van der Waals surface area (Å²) in [4.78, 5) is 17.3. The van der Waals surface area contributed by atoms with Gasteiger partial charge in [-0.3, -0.25) is 10.2 Å². The van der Waals surface area contributed by atoms with E-state index in [2.05, 4.69) is 15.1 Å². The van der Waals surface area contributed by atoms with Crippen molar-refractivity contribution in [3.05, 3.63) is 58.6 Å². The maximum atomic E-state index is 12.2. The van der Waals surface area contributed by atoms with Gasteiger partial charge in [0.15, 0.2) is 0 Å². The summed E-state index contributed by atoms with van der Waals surface area (Å²) in [5.74, 6) is 0.507. The van der Waals surface area contributed by atoms with E-state index in [0.29, 0.717) is 22.5 Å². The second-order valence-corrected chi connectivity index (χ2v) is 7.69. The van der Waals surface area contributed by atoms with Crippen molar-refractivity contribution in [3.8, 4) is 5.75 Å². The van der Waals surface area contributed by atoms with Crippen LogP contribution in [0.25, 0.3) is 0 Å². The monoisotopic (exact) mass is 385 g/mol. The van der Waals surface area contributed by atoms with Crippen LogP contribution in [0.15, 0.2) is 42.5 Å². The lowest BCUT2D eigenvalue weighted by Crippen LogP contribution is -2.46. The van der Waals surface area contributed by atoms with Gasteiger partial charge in [-0.2, -0.15) is 0 Å². The molecule has 1 amide bonds. The molecule has 5 nitrogen and oxygen atoms in total. The molecule has 2 fully saturated rings. The van der Waals surface area contributed by atoms with Crippen molar-refractivity contribution in [3.63, 3.8) is 0 Å². The molecule has 6 heteroatoms. The summed E-state index contributed by atoms with van der Waals surface area (Å²) < 4.78 is 5.31. The predicted octanol–water partition coefficient (Wildman–Crippen LogP) is 4.15. The molecule has 2 unspecified atom stereocenters. The van der Waals surface area contributed by atoms with Gasteiger partial charge >= 0.3 is 6.09 Å². The first-order chi connectivity index (χ1) is 13.1. The Balaban J connectivity index is 1.46. The number of nitrogens with one attached hydrogen (secondary N) is 1. The van der Waals surface area contributed by atoms with Crippen LogP contribution in [-0.2, 0) is 6.54 Å². The number of carbonyl (C=O) groups excluding carboxylic acids is 1. The van der Waals surface area contributed by atoms with E-state index in [0.717, 1.165) is 37.3 Å². The molecule has 2 aromatic rings. The zero-order valence-electron chi connectivity index (χ0n) is 15.5. The molecule has 0 spiro atoms. The summed E-state index contributed by atoms with van der Waals surface area (Å²) in [7, 11) is 0. The Morgan fingerprint density at radius 1 is 1.22 bits per heavy atom. The highest BCUT2D eigenvalue weighted by molar-refractivity contribution is 6.31. The molecule has 2 atom stereocenters. The van der Waals surface area contributed by atoms with Gasteiger partial charge in [-0.05, 0) is 55.3 Å². The van der Waals surface area contributed by atoms with Crippen molar-refractivity contribution < 1.29 is 9.53 Å². The van der Waals surface area contributed by atoms with E-state index in [-0.39, 0.29) is 0 Å². The minimum Gasteiger partial charge on any atom is -0.410 e. The second-order valence-electron chi connectivity index (χ2n) is 7.28. The standard InChI is InChI=1S/C21H24ClN3O2/c1-15-16(13-25-10-9-24-8-7-18(25)14-24)11-17(12-20(15)22)23-21(26)27-19-5-3-2-4-6-19/h2-6,11-12,18H,7-10,13-14H2,1H3,(H,23,26). The van der Waals surface area contributed by atoms with E-state index in [1.807, 2.05) is 31.2 Å². The van der Waals surface area contributed by atoms with Gasteiger partial charge in [0, 0.05) is 42.9 Å². The molecule has 142 valence electrons. The van der Waals surface area contributed by atoms with Gasteiger partial charge in [0.25, 0.3) is 0 Å². The van der Waals surface area contributed by atoms with Crippen LogP contribution in [0.2, 0.25) is 5.02 Å². The summed E-state index contributed by atoms with van der Waals surface area (Å²) in [6, 6.07) is 13.4. The van der Waals surface area contributed by atoms with E-state index in [9.17, 15) is 4.79 Å². The lowest BCUT2D eigenvalue weighted by Gasteiger charge is -2.34. The molecular formula is C21H24ClN3O2. The fourth-order valence-electron chi connectivity index (χ4n) is 3.90. The zero-order valence-corrected chi connectivity index (χ0v) is 16.2. The number of para-hydroxylation sites is 1. The van der Waals surface area contributed by atoms with Crippen LogP contribution in [0.5, 0.6) is 5.75 Å². The molecule has 2 heterocycles. The number of carbonyl (C=O) groups is 1. The Morgan fingerprint density at radius 3 is 2.85 bits per heavy atom. The predicted molar refractivity (Wildman–Crippen MR) is 108 cm³/mol. The molecule has 0 radical (unpaired) electrons. The normalized spacial score (nSPS) is 21.9. The van der Waals surface area contributed by atoms with Crippen LogP contribution in [0.1, 0.15) is 17.5 Å². The van der Waals surface area contributed by atoms with Crippen LogP contribution >= 0.6 is 11.6 Å². The fourth-order valence-corrected chi connectivity index (χ4v) is 4.14. The Morgan fingerprint density at radius 2 is 2.04 bits per heavy atom. The van der Waals surface area contributed by atoms with Crippen molar-refractivity contribution in [2.24, 2.45) is 0 Å². The number of nitrogens with zero attached hydrogens (tertiary/aromatic N) is 2. The number of hydrogen-bond donors (Lipinski definition) is 1. The van der Waals surface area contributed by atoms with E-state index in [1.165, 1.54) is 13.0 Å². The smallest absolute Gasteiger partial charge is 0.410 e. The molecular weight excluding hydrogens is 362 g/mol. The second kappa shape index (κ2) is 7.89. The number of halogens is 1. The van der Waals surface area contributed by atoms with E-state index < -0.39 is 6.09 Å². The van der Waals surface area contributed by atoms with Gasteiger partial charge < -0.3 is 9.64 Å². The van der Waals surface area contributed by atoms with Crippen LogP contribution in [0.4, 0.5) is 10.5 Å². The van der Waals surface area contributed by atoms with Crippen LogP contribution in [-0.4, -0.2) is 48.1 Å². The number of fused-ring (bicyclic) bond motifs is 2. The summed E-state index contributed by atoms with van der Waals surface area (Å²) in [6.07, 6.45) is 0.713. The summed E-state index contributed by atoms with van der Waals surface area (Å²) in [5.41, 5.74) is 2.88. The Kier molecular flexibility index (Phi) is 5.34. The summed E-state index contributed by atoms with van der Waals surface area (Å²) >= 11 is 6.44. The fraction of sp³-hybridized carbons (Fsp3) is 0.381. The number of benzene rings is 2. The number of rotatable bonds is 4. The minimum absolute atomic E-state index is 0.507. The number of hydrogen-bond acceptors (Lipinski definition) is 4. The van der Waals surface area contributed by atoms with Crippen LogP contribution in [0, 0.1) is 6.92 Å². The lowest BCUT2D eigenvalue weighted by atomic mass is 10.1. The third kappa shape index (κ3) is 4.26. The van der Waals surface area contributed by atoms with E-state index in [4.69, 9.17) is 16.3 Å². The molecule has 2 aliphatic rings. The van der Waals surface area contributed by atoms with Gasteiger partial charge in [-0.1, -0.05) is 29.8 Å². The van der Waals surface area contributed by atoms with E-state index >= 15 is 0 Å². The first-order valence-corrected chi connectivity index (χ1v) is 9.75. The van der Waals surface area contributed by atoms with Gasteiger partial charge in [0.05, 0.1) is 0 Å². The summed E-state index contributed by atoms with van der Waals surface area (Å²) in [5, 5.41) is 3.46. The van der Waals surface area contributed by atoms with Gasteiger partial charge in [-0.25, -0.2) is 4.79 Å². The SMILES string of the molecule is Cc1c(Cl)cc(NC(=O)Oc2ccccc2)cc1CN1CCN2CCC1C2. The van der Waals surface area contributed by atoms with Crippen LogP contribution < -0.4 is 10.1 Å².